The number of hydrogen-bond donors (Lipinski definition) is 0. The molecule has 0 N–H and O–H groups in total. The summed E-state index contributed by atoms with van der Waals surface area (Å²) in [7, 11) is 0. The first-order chi connectivity index (χ1) is 11.6. The fraction of sp³-hybridized carbons (Fsp3) is 0.316. The van der Waals surface area contributed by atoms with Gasteiger partial charge < -0.3 is 14.4 Å². The number of carbonyl (C=O) groups excluding carboxylic acids is 1. The van der Waals surface area contributed by atoms with Crippen molar-refractivity contribution < 1.29 is 14.3 Å². The van der Waals surface area contributed by atoms with Crippen LogP contribution in [0.15, 0.2) is 54.6 Å². The largest absolute Gasteiger partial charge is 0.514 e. The minimum absolute atomic E-state index is 0.253. The Balaban J connectivity index is 1.94. The SMILES string of the molecule is CCC(CN(CC)c1ccccc1)OC(=O)Oc1cccc(Cl)c1. The molecule has 0 aliphatic rings. The number of rotatable bonds is 7. The number of halogens is 1. The molecule has 0 saturated heterocycles. The number of likely N-dealkylation sites (N-methyl/N-ethyl adjacent to an activating group) is 1. The van der Waals surface area contributed by atoms with Gasteiger partial charge in [-0.15, -0.1) is 0 Å². The van der Waals surface area contributed by atoms with Crippen molar-refractivity contribution in [3.05, 3.63) is 59.6 Å². The van der Waals surface area contributed by atoms with Crippen LogP contribution in [0.25, 0.3) is 0 Å². The molecule has 2 aromatic rings. The van der Waals surface area contributed by atoms with Gasteiger partial charge in [0.2, 0.25) is 0 Å². The van der Waals surface area contributed by atoms with Gasteiger partial charge in [-0.1, -0.05) is 42.8 Å². The first kappa shape index (κ1) is 18.1. The van der Waals surface area contributed by atoms with Crippen LogP contribution in [0.1, 0.15) is 20.3 Å². The zero-order chi connectivity index (χ0) is 17.4. The van der Waals surface area contributed by atoms with Crippen molar-refractivity contribution in [2.75, 3.05) is 18.0 Å². The van der Waals surface area contributed by atoms with Crippen LogP contribution in [-0.4, -0.2) is 25.3 Å². The third kappa shape index (κ3) is 5.46. The summed E-state index contributed by atoms with van der Waals surface area (Å²) in [5, 5.41) is 0.508. The lowest BCUT2D eigenvalue weighted by Crippen LogP contribution is -2.35. The molecule has 2 rings (SSSR count). The Bertz CT molecular complexity index is 648. The second-order valence-electron chi connectivity index (χ2n) is 5.33. The van der Waals surface area contributed by atoms with Crippen molar-refractivity contribution in [1.82, 2.24) is 0 Å². The van der Waals surface area contributed by atoms with Crippen molar-refractivity contribution in [2.24, 2.45) is 0 Å². The molecule has 0 bridgehead atoms. The molecule has 0 saturated carbocycles. The molecule has 0 amide bonds. The lowest BCUT2D eigenvalue weighted by Gasteiger charge is -2.27. The maximum absolute atomic E-state index is 12.0. The van der Waals surface area contributed by atoms with Crippen molar-refractivity contribution in [2.45, 2.75) is 26.4 Å². The fourth-order valence-corrected chi connectivity index (χ4v) is 2.52. The zero-order valence-corrected chi connectivity index (χ0v) is 14.7. The van der Waals surface area contributed by atoms with Gasteiger partial charge in [-0.2, -0.15) is 0 Å². The van der Waals surface area contributed by atoms with Gasteiger partial charge in [0, 0.05) is 17.3 Å². The fourth-order valence-electron chi connectivity index (χ4n) is 2.34. The number of carbonyl (C=O) groups is 1. The molecule has 1 atom stereocenters. The molecule has 0 heterocycles. The van der Waals surface area contributed by atoms with E-state index in [-0.39, 0.29) is 6.10 Å². The predicted octanol–water partition coefficient (Wildman–Crippen LogP) is 5.16. The molecule has 0 aliphatic carbocycles. The van der Waals surface area contributed by atoms with E-state index in [2.05, 4.69) is 11.8 Å². The number of hydrogen-bond acceptors (Lipinski definition) is 4. The Morgan fingerprint density at radius 3 is 2.50 bits per heavy atom. The van der Waals surface area contributed by atoms with Gasteiger partial charge in [-0.05, 0) is 43.7 Å². The molecule has 5 heteroatoms. The van der Waals surface area contributed by atoms with E-state index in [0.717, 1.165) is 12.2 Å². The number of ether oxygens (including phenoxy) is 2. The van der Waals surface area contributed by atoms with Gasteiger partial charge in [0.15, 0.2) is 0 Å². The highest BCUT2D eigenvalue weighted by Gasteiger charge is 2.18. The van der Waals surface area contributed by atoms with Crippen LogP contribution in [-0.2, 0) is 4.74 Å². The normalized spacial score (nSPS) is 11.6. The molecule has 24 heavy (non-hydrogen) atoms. The first-order valence-electron chi connectivity index (χ1n) is 8.06. The van der Waals surface area contributed by atoms with E-state index in [1.165, 1.54) is 0 Å². The summed E-state index contributed by atoms with van der Waals surface area (Å²) < 4.78 is 10.6. The van der Waals surface area contributed by atoms with E-state index in [9.17, 15) is 4.79 Å². The standard InChI is InChI=1S/C19H22ClNO3/c1-3-17(14-21(4-2)16-10-6-5-7-11-16)23-19(22)24-18-12-8-9-15(20)13-18/h5-13,17H,3-4,14H2,1-2H3. The second-order valence-corrected chi connectivity index (χ2v) is 5.77. The summed E-state index contributed by atoms with van der Waals surface area (Å²) in [6.07, 6.45) is -0.265. The number of benzene rings is 2. The molecule has 0 spiro atoms. The molecule has 0 aromatic heterocycles. The third-order valence-corrected chi connectivity index (χ3v) is 3.88. The molecule has 128 valence electrons. The van der Waals surface area contributed by atoms with Gasteiger partial charge >= 0.3 is 6.16 Å². The van der Waals surface area contributed by atoms with Gasteiger partial charge in [0.1, 0.15) is 11.9 Å². The lowest BCUT2D eigenvalue weighted by molar-refractivity contribution is 0.0594. The Morgan fingerprint density at radius 1 is 1.12 bits per heavy atom. The maximum atomic E-state index is 12.0. The Labute approximate surface area is 147 Å². The Kier molecular flexibility index (Phi) is 6.94. The van der Waals surface area contributed by atoms with E-state index >= 15 is 0 Å². The summed E-state index contributed by atoms with van der Waals surface area (Å²) in [4.78, 5) is 14.2. The minimum atomic E-state index is -0.715. The molecule has 4 nitrogen and oxygen atoms in total. The first-order valence-corrected chi connectivity index (χ1v) is 8.44. The topological polar surface area (TPSA) is 38.8 Å². The van der Waals surface area contributed by atoms with Gasteiger partial charge in [-0.25, -0.2) is 4.79 Å². The second kappa shape index (κ2) is 9.18. The predicted molar refractivity (Wildman–Crippen MR) is 97.0 cm³/mol. The van der Waals surface area contributed by atoms with Crippen LogP contribution in [0.4, 0.5) is 10.5 Å². The van der Waals surface area contributed by atoms with E-state index in [1.54, 1.807) is 24.3 Å². The molecule has 0 fully saturated rings. The van der Waals surface area contributed by atoms with E-state index in [4.69, 9.17) is 21.1 Å². The summed E-state index contributed by atoms with van der Waals surface area (Å²) >= 11 is 5.88. The molecule has 0 aliphatic heterocycles. The van der Waals surface area contributed by atoms with Crippen LogP contribution in [0, 0.1) is 0 Å². The summed E-state index contributed by atoms with van der Waals surface area (Å²) in [6, 6.07) is 16.7. The van der Waals surface area contributed by atoms with E-state index in [0.29, 0.717) is 23.7 Å². The van der Waals surface area contributed by atoms with Gasteiger partial charge in [0.05, 0.1) is 6.54 Å². The highest BCUT2D eigenvalue weighted by atomic mass is 35.5. The molecular formula is C19H22ClNO3. The summed E-state index contributed by atoms with van der Waals surface area (Å²) in [6.45, 7) is 5.50. The lowest BCUT2D eigenvalue weighted by atomic mass is 10.2. The number of nitrogens with zero attached hydrogens (tertiary/aromatic N) is 1. The monoisotopic (exact) mass is 347 g/mol. The summed E-state index contributed by atoms with van der Waals surface area (Å²) in [5.74, 6) is 0.373. The Hall–Kier alpha value is -2.20. The molecular weight excluding hydrogens is 326 g/mol. The van der Waals surface area contributed by atoms with Crippen LogP contribution < -0.4 is 9.64 Å². The average molecular weight is 348 g/mol. The molecule has 1 unspecified atom stereocenters. The van der Waals surface area contributed by atoms with E-state index < -0.39 is 6.16 Å². The van der Waals surface area contributed by atoms with Crippen molar-refractivity contribution in [1.29, 1.82) is 0 Å². The van der Waals surface area contributed by atoms with Crippen molar-refractivity contribution in [3.63, 3.8) is 0 Å². The molecule has 0 radical (unpaired) electrons. The average Bonchev–Trinajstić information content (AvgIpc) is 2.59. The number of anilines is 1. The van der Waals surface area contributed by atoms with Gasteiger partial charge in [-0.3, -0.25) is 0 Å². The van der Waals surface area contributed by atoms with Crippen molar-refractivity contribution in [3.8, 4) is 5.75 Å². The third-order valence-electron chi connectivity index (χ3n) is 3.64. The minimum Gasteiger partial charge on any atom is -0.429 e. The quantitative estimate of drug-likeness (QED) is 0.512. The summed E-state index contributed by atoms with van der Waals surface area (Å²) in [5.41, 5.74) is 1.10. The zero-order valence-electron chi connectivity index (χ0n) is 13.9. The van der Waals surface area contributed by atoms with Crippen LogP contribution in [0.2, 0.25) is 5.02 Å². The smallest absolute Gasteiger partial charge is 0.429 e. The molecule has 2 aromatic carbocycles. The highest BCUT2D eigenvalue weighted by molar-refractivity contribution is 6.30. The maximum Gasteiger partial charge on any atom is 0.514 e. The van der Waals surface area contributed by atoms with E-state index in [1.807, 2.05) is 37.3 Å². The Morgan fingerprint density at radius 2 is 1.88 bits per heavy atom. The van der Waals surface area contributed by atoms with Gasteiger partial charge in [0.25, 0.3) is 0 Å². The highest BCUT2D eigenvalue weighted by Crippen LogP contribution is 2.19. The van der Waals surface area contributed by atoms with Crippen LogP contribution in [0.5, 0.6) is 5.75 Å². The number of para-hydroxylation sites is 1. The van der Waals surface area contributed by atoms with Crippen LogP contribution >= 0.6 is 11.6 Å². The van der Waals surface area contributed by atoms with Crippen LogP contribution in [0.3, 0.4) is 0 Å². The van der Waals surface area contributed by atoms with Crippen molar-refractivity contribution >= 4 is 23.4 Å².